The molecule has 2 unspecified atom stereocenters. The van der Waals surface area contributed by atoms with Gasteiger partial charge in [-0.05, 0) is 50.4 Å². The van der Waals surface area contributed by atoms with Gasteiger partial charge in [0.05, 0.1) is 0 Å². The highest BCUT2D eigenvalue weighted by Gasteiger charge is 2.17. The average molecular weight is 325 g/mol. The molecule has 19 heavy (non-hydrogen) atoms. The summed E-state index contributed by atoms with van der Waals surface area (Å²) in [7, 11) is 0. The van der Waals surface area contributed by atoms with Gasteiger partial charge in [-0.3, -0.25) is 0 Å². The van der Waals surface area contributed by atoms with Crippen molar-refractivity contribution in [1.29, 1.82) is 0 Å². The van der Waals surface area contributed by atoms with Gasteiger partial charge in [-0.2, -0.15) is 0 Å². The van der Waals surface area contributed by atoms with Gasteiger partial charge in [0, 0.05) is 23.1 Å². The van der Waals surface area contributed by atoms with Gasteiger partial charge in [0.2, 0.25) is 0 Å². The Kier molecular flexibility index (Phi) is 5.86. The molecule has 1 heterocycles. The van der Waals surface area contributed by atoms with Crippen molar-refractivity contribution < 1.29 is 0 Å². The first kappa shape index (κ1) is 15.0. The van der Waals surface area contributed by atoms with E-state index in [1.807, 2.05) is 0 Å². The summed E-state index contributed by atoms with van der Waals surface area (Å²) >= 11 is 3.46. The first-order chi connectivity index (χ1) is 9.16. The third-order valence-corrected chi connectivity index (χ3v) is 4.74. The molecule has 1 aromatic carbocycles. The Balaban J connectivity index is 1.85. The van der Waals surface area contributed by atoms with Crippen molar-refractivity contribution in [2.75, 3.05) is 13.1 Å². The molecule has 2 nitrogen and oxygen atoms in total. The van der Waals surface area contributed by atoms with Crippen LogP contribution in [-0.2, 0) is 0 Å². The molecule has 0 saturated carbocycles. The molecule has 0 amide bonds. The molecule has 2 N–H and O–H groups in total. The van der Waals surface area contributed by atoms with E-state index in [9.17, 15) is 0 Å². The fourth-order valence-electron chi connectivity index (χ4n) is 2.85. The molecule has 1 aliphatic heterocycles. The van der Waals surface area contributed by atoms with E-state index in [4.69, 9.17) is 5.73 Å². The van der Waals surface area contributed by atoms with Crippen LogP contribution in [0, 0.1) is 0 Å². The van der Waals surface area contributed by atoms with Crippen LogP contribution < -0.4 is 5.73 Å². The first-order valence-electron chi connectivity index (χ1n) is 7.42. The number of nitrogens with two attached hydrogens (primary N) is 1. The Morgan fingerprint density at radius 2 is 2.00 bits per heavy atom. The second-order valence-corrected chi connectivity index (χ2v) is 6.60. The van der Waals surface area contributed by atoms with E-state index in [1.54, 1.807) is 0 Å². The molecule has 1 saturated heterocycles. The maximum atomic E-state index is 6.30. The highest BCUT2D eigenvalue weighted by Crippen LogP contribution is 2.21. The zero-order valence-electron chi connectivity index (χ0n) is 11.8. The van der Waals surface area contributed by atoms with Crippen LogP contribution in [0.15, 0.2) is 28.7 Å². The minimum atomic E-state index is 0.156. The van der Waals surface area contributed by atoms with Gasteiger partial charge in [0.25, 0.3) is 0 Å². The van der Waals surface area contributed by atoms with Gasteiger partial charge in [0.15, 0.2) is 0 Å². The van der Waals surface area contributed by atoms with Crippen molar-refractivity contribution in [3.05, 3.63) is 34.3 Å². The predicted molar refractivity (Wildman–Crippen MR) is 85.2 cm³/mol. The summed E-state index contributed by atoms with van der Waals surface area (Å²) in [6.07, 6.45) is 6.51. The average Bonchev–Trinajstić information content (AvgIpc) is 2.61. The van der Waals surface area contributed by atoms with Crippen molar-refractivity contribution in [3.63, 3.8) is 0 Å². The molecule has 2 rings (SSSR count). The number of hydrogen-bond donors (Lipinski definition) is 1. The minimum Gasteiger partial charge on any atom is -0.324 e. The van der Waals surface area contributed by atoms with Crippen LogP contribution in [0.2, 0.25) is 0 Å². The zero-order valence-corrected chi connectivity index (χ0v) is 13.4. The second kappa shape index (κ2) is 7.41. The number of rotatable bonds is 4. The molecule has 0 radical (unpaired) electrons. The number of halogens is 1. The van der Waals surface area contributed by atoms with Gasteiger partial charge < -0.3 is 10.6 Å². The van der Waals surface area contributed by atoms with Crippen LogP contribution in [0.25, 0.3) is 0 Å². The van der Waals surface area contributed by atoms with Crippen LogP contribution in [0.1, 0.15) is 50.6 Å². The monoisotopic (exact) mass is 324 g/mol. The fraction of sp³-hybridized carbons (Fsp3) is 0.625. The number of nitrogens with zero attached hydrogens (tertiary/aromatic N) is 1. The van der Waals surface area contributed by atoms with Gasteiger partial charge in [-0.15, -0.1) is 0 Å². The summed E-state index contributed by atoms with van der Waals surface area (Å²) in [5, 5.41) is 0. The number of likely N-dealkylation sites (tertiary alicyclic amines) is 1. The Bertz CT molecular complexity index is 377. The summed E-state index contributed by atoms with van der Waals surface area (Å²) in [6, 6.07) is 9.28. The normalized spacial score (nSPS) is 23.0. The van der Waals surface area contributed by atoms with Gasteiger partial charge in [0.1, 0.15) is 0 Å². The van der Waals surface area contributed by atoms with E-state index in [0.29, 0.717) is 0 Å². The molecule has 1 aromatic rings. The van der Waals surface area contributed by atoms with Crippen molar-refractivity contribution in [2.24, 2.45) is 5.73 Å². The Hall–Kier alpha value is -0.380. The van der Waals surface area contributed by atoms with E-state index in [1.165, 1.54) is 37.8 Å². The highest BCUT2D eigenvalue weighted by molar-refractivity contribution is 9.10. The summed E-state index contributed by atoms with van der Waals surface area (Å²) in [5.74, 6) is 0. The molecule has 1 aliphatic rings. The molecule has 3 heteroatoms. The lowest BCUT2D eigenvalue weighted by Crippen LogP contribution is -2.34. The Morgan fingerprint density at radius 3 is 2.74 bits per heavy atom. The zero-order chi connectivity index (χ0) is 13.7. The van der Waals surface area contributed by atoms with E-state index in [2.05, 4.69) is 52.0 Å². The lowest BCUT2D eigenvalue weighted by Gasteiger charge is -2.28. The molecule has 0 spiro atoms. The van der Waals surface area contributed by atoms with Gasteiger partial charge in [-0.25, -0.2) is 0 Å². The maximum absolute atomic E-state index is 6.30. The minimum absolute atomic E-state index is 0.156. The van der Waals surface area contributed by atoms with E-state index < -0.39 is 0 Å². The van der Waals surface area contributed by atoms with Crippen LogP contribution in [0.3, 0.4) is 0 Å². The molecule has 2 atom stereocenters. The fourth-order valence-corrected chi connectivity index (χ4v) is 3.11. The quantitative estimate of drug-likeness (QED) is 0.903. The van der Waals surface area contributed by atoms with E-state index in [-0.39, 0.29) is 6.04 Å². The van der Waals surface area contributed by atoms with E-state index in [0.717, 1.165) is 23.5 Å². The van der Waals surface area contributed by atoms with Crippen LogP contribution >= 0.6 is 15.9 Å². The first-order valence-corrected chi connectivity index (χ1v) is 8.21. The second-order valence-electron chi connectivity index (χ2n) is 5.68. The molecular formula is C16H25BrN2. The molecule has 0 aliphatic carbocycles. The highest BCUT2D eigenvalue weighted by atomic mass is 79.9. The van der Waals surface area contributed by atoms with Gasteiger partial charge >= 0.3 is 0 Å². The molecular weight excluding hydrogens is 300 g/mol. The third-order valence-electron chi connectivity index (χ3n) is 4.22. The standard InChI is InChI=1S/C16H25BrN2/c1-13-5-3-2-4-11-19(13)12-10-16(18)14-6-8-15(17)9-7-14/h6-9,13,16H,2-5,10-12,18H2,1H3. The van der Waals surface area contributed by atoms with Crippen LogP contribution in [0.5, 0.6) is 0 Å². The van der Waals surface area contributed by atoms with Crippen molar-refractivity contribution in [3.8, 4) is 0 Å². The summed E-state index contributed by atoms with van der Waals surface area (Å²) < 4.78 is 1.12. The van der Waals surface area contributed by atoms with Crippen LogP contribution in [-0.4, -0.2) is 24.0 Å². The SMILES string of the molecule is CC1CCCCCN1CCC(N)c1ccc(Br)cc1. The molecule has 0 bridgehead atoms. The largest absolute Gasteiger partial charge is 0.324 e. The van der Waals surface area contributed by atoms with Crippen molar-refractivity contribution >= 4 is 15.9 Å². The lowest BCUT2D eigenvalue weighted by molar-refractivity contribution is 0.206. The Morgan fingerprint density at radius 1 is 1.26 bits per heavy atom. The van der Waals surface area contributed by atoms with Gasteiger partial charge in [-0.1, -0.05) is 40.9 Å². The summed E-state index contributed by atoms with van der Waals surface area (Å²) in [4.78, 5) is 2.62. The molecule has 106 valence electrons. The third kappa shape index (κ3) is 4.59. The molecule has 1 fully saturated rings. The maximum Gasteiger partial charge on any atom is 0.0307 e. The lowest BCUT2D eigenvalue weighted by atomic mass is 10.0. The number of hydrogen-bond acceptors (Lipinski definition) is 2. The number of benzene rings is 1. The smallest absolute Gasteiger partial charge is 0.0307 e. The summed E-state index contributed by atoms with van der Waals surface area (Å²) in [6.45, 7) is 4.73. The Labute approximate surface area is 125 Å². The van der Waals surface area contributed by atoms with Crippen molar-refractivity contribution in [1.82, 2.24) is 4.90 Å². The van der Waals surface area contributed by atoms with Crippen molar-refractivity contribution in [2.45, 2.75) is 51.1 Å². The topological polar surface area (TPSA) is 29.3 Å². The summed E-state index contributed by atoms with van der Waals surface area (Å²) in [5.41, 5.74) is 7.55. The molecule has 0 aromatic heterocycles. The van der Waals surface area contributed by atoms with Crippen LogP contribution in [0.4, 0.5) is 0 Å². The van der Waals surface area contributed by atoms with E-state index >= 15 is 0 Å². The predicted octanol–water partition coefficient (Wildman–Crippen LogP) is 4.10.